The van der Waals surface area contributed by atoms with Crippen LogP contribution in [0.4, 0.5) is 0 Å². The molecule has 1 saturated heterocycles. The molecule has 6 heteroatoms. The predicted molar refractivity (Wildman–Crippen MR) is 241 cm³/mol. The topological polar surface area (TPSA) is 59.1 Å². The van der Waals surface area contributed by atoms with Crippen LogP contribution in [0, 0.1) is 11.8 Å². The van der Waals surface area contributed by atoms with Crippen LogP contribution >= 0.6 is 0 Å². The van der Waals surface area contributed by atoms with Gasteiger partial charge in [0.1, 0.15) is 0 Å². The number of unbranched alkanes of at least 4 members (excludes halogenated alkanes) is 18. The molecule has 0 amide bonds. The summed E-state index contributed by atoms with van der Waals surface area (Å²) in [4.78, 5) is 30.0. The molecule has 1 heterocycles. The molecule has 0 saturated carbocycles. The molecule has 2 unspecified atom stereocenters. The predicted octanol–water partition coefficient (Wildman–Crippen LogP) is 13.4. The first-order chi connectivity index (χ1) is 27.5. The van der Waals surface area contributed by atoms with Crippen LogP contribution < -0.4 is 0 Å². The Hall–Kier alpha value is -2.18. The minimum Gasteiger partial charge on any atom is -0.466 e. The molecule has 0 aromatic rings. The SMILES string of the molecule is CCCCC/C=C\C/C=C\CCCCCCCCOC(=O)CCN(CCC(=O)OCCCCCCCC/C=C\C/C=C\CCCCC)CCN1CC(C)C(C)C1. The van der Waals surface area contributed by atoms with Gasteiger partial charge in [0, 0.05) is 39.3 Å². The fourth-order valence-corrected chi connectivity index (χ4v) is 7.25. The monoisotopic (exact) mass is 783 g/mol. The smallest absolute Gasteiger partial charge is 0.307 e. The molecule has 1 aliphatic rings. The molecule has 0 aliphatic carbocycles. The van der Waals surface area contributed by atoms with Gasteiger partial charge in [-0.1, -0.05) is 153 Å². The van der Waals surface area contributed by atoms with Crippen molar-refractivity contribution in [3.63, 3.8) is 0 Å². The molecule has 0 spiro atoms. The molecule has 0 N–H and O–H groups in total. The first-order valence-electron chi connectivity index (χ1n) is 23.8. The zero-order valence-corrected chi connectivity index (χ0v) is 37.3. The summed E-state index contributed by atoms with van der Waals surface area (Å²) in [6.07, 6.45) is 48.1. The lowest BCUT2D eigenvalue weighted by Gasteiger charge is -2.25. The largest absolute Gasteiger partial charge is 0.466 e. The van der Waals surface area contributed by atoms with Crippen LogP contribution in [0.5, 0.6) is 0 Å². The van der Waals surface area contributed by atoms with Gasteiger partial charge in [0.2, 0.25) is 0 Å². The van der Waals surface area contributed by atoms with E-state index in [-0.39, 0.29) is 11.9 Å². The number of ether oxygens (including phenoxy) is 2. The second-order valence-electron chi connectivity index (χ2n) is 16.7. The van der Waals surface area contributed by atoms with Gasteiger partial charge in [-0.25, -0.2) is 0 Å². The number of nitrogens with zero attached hydrogens (tertiary/aromatic N) is 2. The van der Waals surface area contributed by atoms with Gasteiger partial charge in [-0.3, -0.25) is 9.59 Å². The maximum Gasteiger partial charge on any atom is 0.307 e. The molecule has 0 radical (unpaired) electrons. The molecule has 1 fully saturated rings. The summed E-state index contributed by atoms with van der Waals surface area (Å²) in [7, 11) is 0. The van der Waals surface area contributed by atoms with Crippen molar-refractivity contribution in [2.75, 3.05) is 52.5 Å². The Labute approximate surface area is 347 Å². The first-order valence-corrected chi connectivity index (χ1v) is 23.8. The van der Waals surface area contributed by atoms with Crippen LogP contribution in [-0.4, -0.2) is 74.2 Å². The number of likely N-dealkylation sites (tertiary alicyclic amines) is 1. The van der Waals surface area contributed by atoms with Gasteiger partial charge in [-0.15, -0.1) is 0 Å². The van der Waals surface area contributed by atoms with E-state index in [0.717, 1.165) is 64.7 Å². The van der Waals surface area contributed by atoms with E-state index in [9.17, 15) is 9.59 Å². The Morgan fingerprint density at radius 1 is 0.500 bits per heavy atom. The molecule has 0 bridgehead atoms. The van der Waals surface area contributed by atoms with E-state index in [1.807, 2.05) is 0 Å². The molecular formula is C50H90N2O4. The van der Waals surface area contributed by atoms with E-state index in [1.165, 1.54) is 116 Å². The van der Waals surface area contributed by atoms with Gasteiger partial charge < -0.3 is 19.3 Å². The average Bonchev–Trinajstić information content (AvgIpc) is 3.52. The summed E-state index contributed by atoms with van der Waals surface area (Å²) in [6.45, 7) is 15.5. The number of rotatable bonds is 39. The fraction of sp³-hybridized carbons (Fsp3) is 0.800. The van der Waals surface area contributed by atoms with Crippen molar-refractivity contribution in [3.8, 4) is 0 Å². The van der Waals surface area contributed by atoms with Gasteiger partial charge >= 0.3 is 11.9 Å². The zero-order chi connectivity index (χ0) is 40.6. The Bertz CT molecular complexity index is 945. The van der Waals surface area contributed by atoms with E-state index in [1.54, 1.807) is 0 Å². The summed E-state index contributed by atoms with van der Waals surface area (Å²) in [5.41, 5.74) is 0. The quantitative estimate of drug-likeness (QED) is 0.0352. The second kappa shape index (κ2) is 39.6. The Morgan fingerprint density at radius 3 is 1.25 bits per heavy atom. The van der Waals surface area contributed by atoms with E-state index in [0.29, 0.717) is 51.0 Å². The highest BCUT2D eigenvalue weighted by Crippen LogP contribution is 2.21. The first kappa shape index (κ1) is 51.8. The molecule has 6 nitrogen and oxygen atoms in total. The molecule has 2 atom stereocenters. The van der Waals surface area contributed by atoms with Crippen LogP contribution in [0.1, 0.15) is 195 Å². The van der Waals surface area contributed by atoms with Crippen LogP contribution in [0.2, 0.25) is 0 Å². The number of allylic oxidation sites excluding steroid dienone is 8. The van der Waals surface area contributed by atoms with Gasteiger partial charge in [0.05, 0.1) is 26.1 Å². The molecule has 0 aromatic heterocycles. The zero-order valence-electron chi connectivity index (χ0n) is 37.3. The molecule has 324 valence electrons. The van der Waals surface area contributed by atoms with Crippen LogP contribution in [0.25, 0.3) is 0 Å². The van der Waals surface area contributed by atoms with E-state index >= 15 is 0 Å². The lowest BCUT2D eigenvalue weighted by Crippen LogP contribution is -2.37. The van der Waals surface area contributed by atoms with Crippen molar-refractivity contribution >= 4 is 11.9 Å². The normalized spacial score (nSPS) is 16.5. The van der Waals surface area contributed by atoms with Crippen molar-refractivity contribution < 1.29 is 19.1 Å². The van der Waals surface area contributed by atoms with E-state index < -0.39 is 0 Å². The maximum absolute atomic E-state index is 12.6. The van der Waals surface area contributed by atoms with Crippen LogP contribution in [-0.2, 0) is 19.1 Å². The lowest BCUT2D eigenvalue weighted by atomic mass is 10.0. The number of esters is 2. The van der Waals surface area contributed by atoms with Crippen molar-refractivity contribution in [3.05, 3.63) is 48.6 Å². The third-order valence-electron chi connectivity index (χ3n) is 11.3. The molecule has 0 aromatic carbocycles. The third kappa shape index (κ3) is 33.9. The van der Waals surface area contributed by atoms with Crippen molar-refractivity contribution in [1.29, 1.82) is 0 Å². The van der Waals surface area contributed by atoms with Crippen molar-refractivity contribution in [2.24, 2.45) is 11.8 Å². The van der Waals surface area contributed by atoms with Crippen LogP contribution in [0.15, 0.2) is 48.6 Å². The number of carbonyl (C=O) groups excluding carboxylic acids is 2. The summed E-state index contributed by atoms with van der Waals surface area (Å²) in [5, 5.41) is 0. The fourth-order valence-electron chi connectivity index (χ4n) is 7.25. The van der Waals surface area contributed by atoms with Gasteiger partial charge in [0.25, 0.3) is 0 Å². The maximum atomic E-state index is 12.6. The van der Waals surface area contributed by atoms with E-state index in [4.69, 9.17) is 9.47 Å². The highest BCUT2D eigenvalue weighted by molar-refractivity contribution is 5.70. The molecule has 1 aliphatic heterocycles. The summed E-state index contributed by atoms with van der Waals surface area (Å²) in [5.74, 6) is 1.18. The Balaban J connectivity index is 2.15. The van der Waals surface area contributed by atoms with Gasteiger partial charge in [-0.05, 0) is 88.9 Å². The summed E-state index contributed by atoms with van der Waals surface area (Å²) in [6, 6.07) is 0. The summed E-state index contributed by atoms with van der Waals surface area (Å²) < 4.78 is 11.2. The molecular weight excluding hydrogens is 693 g/mol. The van der Waals surface area contributed by atoms with E-state index in [2.05, 4.69) is 86.1 Å². The Kier molecular flexibility index (Phi) is 36.7. The van der Waals surface area contributed by atoms with Gasteiger partial charge in [0.15, 0.2) is 0 Å². The van der Waals surface area contributed by atoms with Crippen molar-refractivity contribution in [1.82, 2.24) is 9.80 Å². The minimum atomic E-state index is -0.124. The number of hydrogen-bond acceptors (Lipinski definition) is 6. The summed E-state index contributed by atoms with van der Waals surface area (Å²) >= 11 is 0. The minimum absolute atomic E-state index is 0.124. The highest BCUT2D eigenvalue weighted by Gasteiger charge is 2.26. The van der Waals surface area contributed by atoms with Gasteiger partial charge in [-0.2, -0.15) is 0 Å². The molecule has 56 heavy (non-hydrogen) atoms. The Morgan fingerprint density at radius 2 is 0.857 bits per heavy atom. The highest BCUT2D eigenvalue weighted by atomic mass is 16.5. The molecule has 1 rings (SSSR count). The lowest BCUT2D eigenvalue weighted by molar-refractivity contribution is -0.144. The average molecular weight is 783 g/mol. The number of hydrogen-bond donors (Lipinski definition) is 0. The third-order valence-corrected chi connectivity index (χ3v) is 11.3. The van der Waals surface area contributed by atoms with Crippen LogP contribution in [0.3, 0.4) is 0 Å². The number of carbonyl (C=O) groups is 2. The standard InChI is InChI=1S/C50H90N2O4/c1-5-7-9-11-13-15-17-19-21-23-25-27-29-31-33-35-43-55-49(53)37-39-51(41-42-52-45-47(3)48(4)46-52)40-38-50(54)56-44-36-34-32-30-28-26-24-22-20-18-16-14-12-10-8-6-2/h13-16,19-22,47-48H,5-12,17-18,23-46H2,1-4H3/b15-13-,16-14-,21-19-,22-20-. The second-order valence-corrected chi connectivity index (χ2v) is 16.7. The van der Waals surface area contributed by atoms with Crippen molar-refractivity contribution in [2.45, 2.75) is 195 Å².